The lowest BCUT2D eigenvalue weighted by Crippen LogP contribution is -2.45. The lowest BCUT2D eigenvalue weighted by molar-refractivity contribution is -0.137. The van der Waals surface area contributed by atoms with Gasteiger partial charge in [0.1, 0.15) is 0 Å². The number of carbonyl (C=O) groups excluding carboxylic acids is 3. The van der Waals surface area contributed by atoms with Crippen LogP contribution in [0.3, 0.4) is 0 Å². The average molecular weight is 669 g/mol. The molecule has 49 heavy (non-hydrogen) atoms. The zero-order chi connectivity index (χ0) is 34.5. The highest BCUT2D eigenvalue weighted by Gasteiger charge is 2.58. The fourth-order valence-electron chi connectivity index (χ4n) is 6.88. The second-order valence-electron chi connectivity index (χ2n) is 13.1. The van der Waals surface area contributed by atoms with Crippen molar-refractivity contribution >= 4 is 40.7 Å². The van der Waals surface area contributed by atoms with Gasteiger partial charge in [-0.1, -0.05) is 24.3 Å². The van der Waals surface area contributed by atoms with Crippen LogP contribution in [0, 0.1) is 6.92 Å². The number of anilines is 4. The van der Waals surface area contributed by atoms with Crippen molar-refractivity contribution in [2.24, 2.45) is 0 Å². The third-order valence-corrected chi connectivity index (χ3v) is 9.84. The molecule has 2 N–H and O–H groups in total. The topological polar surface area (TPSA) is 108 Å². The number of hydrogen-bond donors (Lipinski definition) is 2. The highest BCUT2D eigenvalue weighted by molar-refractivity contribution is 6.07. The molecule has 12 heteroatoms. The molecule has 7 rings (SSSR count). The van der Waals surface area contributed by atoms with Crippen LogP contribution in [-0.2, 0) is 27.7 Å². The summed E-state index contributed by atoms with van der Waals surface area (Å²) in [6, 6.07) is 17.5. The van der Waals surface area contributed by atoms with Crippen molar-refractivity contribution in [3.63, 3.8) is 0 Å². The van der Waals surface area contributed by atoms with E-state index in [1.807, 2.05) is 24.0 Å². The van der Waals surface area contributed by atoms with Crippen molar-refractivity contribution in [1.82, 2.24) is 14.9 Å². The Morgan fingerprint density at radius 3 is 2.35 bits per heavy atom. The molecule has 3 aliphatic rings. The van der Waals surface area contributed by atoms with Gasteiger partial charge in [0.15, 0.2) is 0 Å². The lowest BCUT2D eigenvalue weighted by atomic mass is 9.89. The van der Waals surface area contributed by atoms with E-state index in [0.29, 0.717) is 41.8 Å². The molecule has 0 radical (unpaired) electrons. The summed E-state index contributed by atoms with van der Waals surface area (Å²) in [6.45, 7) is 5.25. The Morgan fingerprint density at radius 2 is 1.67 bits per heavy atom. The first-order valence-corrected chi connectivity index (χ1v) is 16.3. The number of aromatic nitrogens is 2. The minimum Gasteiger partial charge on any atom is -0.343 e. The minimum atomic E-state index is -4.57. The molecule has 9 nitrogen and oxygen atoms in total. The molecule has 3 amide bonds. The van der Waals surface area contributed by atoms with Gasteiger partial charge in [0.25, 0.3) is 5.91 Å². The summed E-state index contributed by atoms with van der Waals surface area (Å²) in [5.74, 6) is 0.158. The normalized spacial score (nSPS) is 17.1. The molecule has 4 aromatic rings. The molecule has 1 aliphatic carbocycles. The van der Waals surface area contributed by atoms with Crippen LogP contribution in [-0.4, -0.2) is 45.7 Å². The van der Waals surface area contributed by atoms with Gasteiger partial charge >= 0.3 is 6.18 Å². The van der Waals surface area contributed by atoms with Crippen LogP contribution in [0.1, 0.15) is 76.8 Å². The molecule has 1 aromatic heterocycles. The molecule has 1 saturated carbocycles. The third-order valence-electron chi connectivity index (χ3n) is 9.84. The molecule has 2 aliphatic heterocycles. The van der Waals surface area contributed by atoms with E-state index < -0.39 is 23.1 Å². The van der Waals surface area contributed by atoms with E-state index in [1.165, 1.54) is 17.7 Å². The first-order valence-electron chi connectivity index (χ1n) is 16.3. The Bertz CT molecular complexity index is 1950. The largest absolute Gasteiger partial charge is 0.416 e. The van der Waals surface area contributed by atoms with Gasteiger partial charge < -0.3 is 20.4 Å². The number of rotatable bonds is 6. The van der Waals surface area contributed by atoms with Crippen LogP contribution >= 0.6 is 0 Å². The number of piperidine rings is 1. The number of aryl methyl sites for hydroxylation is 1. The number of alkyl halides is 3. The van der Waals surface area contributed by atoms with E-state index in [9.17, 15) is 27.6 Å². The van der Waals surface area contributed by atoms with Crippen LogP contribution in [0.25, 0.3) is 0 Å². The smallest absolute Gasteiger partial charge is 0.343 e. The molecule has 1 spiro atoms. The van der Waals surface area contributed by atoms with Crippen LogP contribution in [0.2, 0.25) is 0 Å². The molecule has 3 heterocycles. The predicted octanol–water partition coefficient (Wildman–Crippen LogP) is 7.10. The van der Waals surface area contributed by atoms with Gasteiger partial charge in [-0.25, -0.2) is 9.97 Å². The predicted molar refractivity (Wildman–Crippen MR) is 179 cm³/mol. The monoisotopic (exact) mass is 668 g/mol. The number of likely N-dealkylation sites (tertiary alicyclic amines) is 1. The number of carbonyl (C=O) groups is 3. The van der Waals surface area contributed by atoms with Crippen LogP contribution in [0.4, 0.5) is 36.2 Å². The zero-order valence-electron chi connectivity index (χ0n) is 27.1. The Morgan fingerprint density at radius 1 is 0.959 bits per heavy atom. The number of fused-ring (bicyclic) bond motifs is 2. The van der Waals surface area contributed by atoms with E-state index in [-0.39, 0.29) is 23.9 Å². The maximum atomic E-state index is 14.1. The molecule has 3 aromatic carbocycles. The maximum Gasteiger partial charge on any atom is 0.416 e. The summed E-state index contributed by atoms with van der Waals surface area (Å²) in [7, 11) is 0. The average Bonchev–Trinajstić information content (AvgIpc) is 3.89. The summed E-state index contributed by atoms with van der Waals surface area (Å²) in [5.41, 5.74) is 3.56. The first-order chi connectivity index (χ1) is 23.4. The zero-order valence-corrected chi connectivity index (χ0v) is 27.1. The van der Waals surface area contributed by atoms with Crippen LogP contribution < -0.4 is 15.5 Å². The lowest BCUT2D eigenvalue weighted by Gasteiger charge is -2.34. The highest BCUT2D eigenvalue weighted by atomic mass is 19.4. The van der Waals surface area contributed by atoms with Crippen molar-refractivity contribution in [3.8, 4) is 0 Å². The van der Waals surface area contributed by atoms with Crippen LogP contribution in [0.5, 0.6) is 0 Å². The van der Waals surface area contributed by atoms with E-state index >= 15 is 0 Å². The van der Waals surface area contributed by atoms with Gasteiger partial charge in [-0.05, 0) is 92.1 Å². The van der Waals surface area contributed by atoms with Gasteiger partial charge in [0, 0.05) is 54.4 Å². The van der Waals surface area contributed by atoms with Crippen molar-refractivity contribution in [2.75, 3.05) is 28.6 Å². The number of halogens is 3. The van der Waals surface area contributed by atoms with Gasteiger partial charge in [0.05, 0.1) is 23.2 Å². The fraction of sp³-hybridized carbons (Fsp3) is 0.324. The highest BCUT2D eigenvalue weighted by Crippen LogP contribution is 2.53. The Labute approximate surface area is 281 Å². The summed E-state index contributed by atoms with van der Waals surface area (Å²) in [4.78, 5) is 51.6. The molecule has 0 unspecified atom stereocenters. The van der Waals surface area contributed by atoms with E-state index in [2.05, 4.69) is 27.8 Å². The second kappa shape index (κ2) is 12.3. The minimum absolute atomic E-state index is 0.0886. The summed E-state index contributed by atoms with van der Waals surface area (Å²) < 4.78 is 39.6. The Hall–Kier alpha value is -5.26. The van der Waals surface area contributed by atoms with Crippen molar-refractivity contribution < 1.29 is 27.6 Å². The number of amides is 3. The fourth-order valence-corrected chi connectivity index (χ4v) is 6.88. The molecule has 0 bridgehead atoms. The third kappa shape index (κ3) is 6.34. The Kier molecular flexibility index (Phi) is 8.12. The molecule has 1 saturated heterocycles. The van der Waals surface area contributed by atoms with Crippen molar-refractivity contribution in [3.05, 3.63) is 106 Å². The van der Waals surface area contributed by atoms with Gasteiger partial charge in [-0.2, -0.15) is 13.2 Å². The van der Waals surface area contributed by atoms with E-state index in [4.69, 9.17) is 4.98 Å². The molecule has 252 valence electrons. The van der Waals surface area contributed by atoms with E-state index in [1.54, 1.807) is 36.2 Å². The standard InChI is InChI=1S/C37H35F3N6O3/c1-22-6-9-30(42-33(48)26-4-3-5-28(18-26)37(38,39)40)19-31(22)46-21-27-20-41-35(44-32(27)36(14-15-36)34(46)49)43-29-10-7-24(8-11-29)25-12-16-45(17-13-25)23(2)47/h3-11,18-20,25H,12-17,21H2,1-2H3,(H,42,48)(H,41,43,44). The Balaban J connectivity index is 1.07. The maximum absolute atomic E-state index is 14.1. The van der Waals surface area contributed by atoms with E-state index in [0.717, 1.165) is 54.9 Å². The number of nitrogens with one attached hydrogen (secondary N) is 2. The quantitative estimate of drug-likeness (QED) is 0.227. The number of hydrogen-bond acceptors (Lipinski definition) is 6. The molecule has 2 fully saturated rings. The SMILES string of the molecule is CC(=O)N1CCC(c2ccc(Nc3ncc4c(n3)C3(CC3)C(=O)N(c3cc(NC(=O)c5cccc(C(F)(F)F)c5)ccc3C)C4)cc2)CC1. The van der Waals surface area contributed by atoms with Gasteiger partial charge in [-0.15, -0.1) is 0 Å². The molecular formula is C37H35F3N6O3. The van der Waals surface area contributed by atoms with Crippen molar-refractivity contribution in [2.45, 2.75) is 63.6 Å². The first kappa shape index (κ1) is 32.3. The van der Waals surface area contributed by atoms with Gasteiger partial charge in [-0.3, -0.25) is 14.4 Å². The molecule has 0 atom stereocenters. The summed E-state index contributed by atoms with van der Waals surface area (Å²) in [5, 5.41) is 5.97. The summed E-state index contributed by atoms with van der Waals surface area (Å²) >= 11 is 0. The number of nitrogens with zero attached hydrogens (tertiary/aromatic N) is 4. The summed E-state index contributed by atoms with van der Waals surface area (Å²) in [6.07, 6.45) is 0.343. The molecular weight excluding hydrogens is 633 g/mol. The van der Waals surface area contributed by atoms with Crippen molar-refractivity contribution in [1.29, 1.82) is 0 Å². The second-order valence-corrected chi connectivity index (χ2v) is 13.1. The van der Waals surface area contributed by atoms with Gasteiger partial charge in [0.2, 0.25) is 17.8 Å². The number of benzene rings is 3. The van der Waals surface area contributed by atoms with Crippen LogP contribution in [0.15, 0.2) is 72.9 Å².